The van der Waals surface area contributed by atoms with Gasteiger partial charge in [-0.05, 0) is 46.0 Å². The van der Waals surface area contributed by atoms with Crippen molar-refractivity contribution in [3.8, 4) is 0 Å². The zero-order chi connectivity index (χ0) is 14.7. The molecule has 0 spiro atoms. The van der Waals surface area contributed by atoms with E-state index < -0.39 is 0 Å². The highest BCUT2D eigenvalue weighted by molar-refractivity contribution is 5.72. The number of imidazole rings is 1. The lowest BCUT2D eigenvalue weighted by molar-refractivity contribution is 0.364. The average Bonchev–Trinajstić information content (AvgIpc) is 2.81. The first-order valence-corrected chi connectivity index (χ1v) is 6.84. The second-order valence-corrected chi connectivity index (χ2v) is 5.27. The fourth-order valence-corrected chi connectivity index (χ4v) is 1.87. The molecule has 0 aliphatic heterocycles. The van der Waals surface area contributed by atoms with Crippen LogP contribution in [0.3, 0.4) is 0 Å². The van der Waals surface area contributed by atoms with Crippen molar-refractivity contribution in [2.75, 3.05) is 14.1 Å². The van der Waals surface area contributed by atoms with Crippen LogP contribution >= 0.6 is 0 Å². The number of fused-ring (bicyclic) bond motifs is 1. The lowest BCUT2D eigenvalue weighted by Gasteiger charge is -2.15. The fourth-order valence-electron chi connectivity index (χ4n) is 1.87. The molecule has 0 fully saturated rings. The molecule has 106 valence electrons. The van der Waals surface area contributed by atoms with Crippen molar-refractivity contribution in [2.24, 2.45) is 0 Å². The van der Waals surface area contributed by atoms with E-state index in [0.717, 1.165) is 22.6 Å². The highest BCUT2D eigenvalue weighted by Gasteiger charge is 2.06. The zero-order valence-corrected chi connectivity index (χ0v) is 12.8. The molecule has 2 aromatic rings. The molecule has 2 rings (SSSR count). The molecule has 0 aromatic carbocycles. The Morgan fingerprint density at radius 2 is 2.10 bits per heavy atom. The van der Waals surface area contributed by atoms with Gasteiger partial charge in [-0.2, -0.15) is 0 Å². The van der Waals surface area contributed by atoms with Gasteiger partial charge in [0.1, 0.15) is 0 Å². The second kappa shape index (κ2) is 6.01. The van der Waals surface area contributed by atoms with Crippen molar-refractivity contribution in [3.63, 3.8) is 0 Å². The third kappa shape index (κ3) is 3.14. The van der Waals surface area contributed by atoms with Crippen LogP contribution in [0.4, 0.5) is 0 Å². The summed E-state index contributed by atoms with van der Waals surface area (Å²) < 4.78 is 1.97. The molecule has 2 aromatic heterocycles. The molecule has 0 aliphatic carbocycles. The first-order chi connectivity index (χ1) is 9.51. The Hall–Kier alpha value is -1.94. The van der Waals surface area contributed by atoms with E-state index in [0.29, 0.717) is 6.04 Å². The van der Waals surface area contributed by atoms with Crippen LogP contribution in [-0.2, 0) is 0 Å². The van der Waals surface area contributed by atoms with E-state index in [1.165, 1.54) is 0 Å². The summed E-state index contributed by atoms with van der Waals surface area (Å²) in [5.41, 5.74) is 3.19. The van der Waals surface area contributed by atoms with Gasteiger partial charge in [-0.1, -0.05) is 18.2 Å². The van der Waals surface area contributed by atoms with E-state index in [4.69, 9.17) is 0 Å². The predicted molar refractivity (Wildman–Crippen MR) is 83.7 cm³/mol. The van der Waals surface area contributed by atoms with Gasteiger partial charge in [0.25, 0.3) is 0 Å². The molecular weight excluding hydrogens is 248 g/mol. The Bertz CT molecular complexity index is 650. The van der Waals surface area contributed by atoms with Crippen molar-refractivity contribution in [2.45, 2.75) is 26.8 Å². The molecular formula is C16H22N4. The molecule has 0 amide bonds. The smallest absolute Gasteiger partial charge is 0.234 e. The van der Waals surface area contributed by atoms with Gasteiger partial charge in [0.15, 0.2) is 0 Å². The summed E-state index contributed by atoms with van der Waals surface area (Å²) in [5.74, 6) is 0.735. The number of nitrogens with zero attached hydrogens (tertiary/aromatic N) is 4. The highest BCUT2D eigenvalue weighted by Crippen LogP contribution is 2.16. The maximum absolute atomic E-state index is 4.57. The van der Waals surface area contributed by atoms with Crippen molar-refractivity contribution in [1.29, 1.82) is 0 Å². The molecule has 1 unspecified atom stereocenters. The summed E-state index contributed by atoms with van der Waals surface area (Å²) in [4.78, 5) is 11.1. The van der Waals surface area contributed by atoms with Crippen molar-refractivity contribution in [3.05, 3.63) is 48.1 Å². The lowest BCUT2D eigenvalue weighted by atomic mass is 10.1. The van der Waals surface area contributed by atoms with Crippen LogP contribution in [-0.4, -0.2) is 39.4 Å². The standard InChI is InChI=1S/C16H22N4/c1-6-14(8-7-13(3)19(4)5)15-11-20-10-12(2)9-17-16(20)18-15/h6-11,13H,1-5H3/b8-7-,14-6+. The molecule has 2 heterocycles. The number of rotatable bonds is 4. The summed E-state index contributed by atoms with van der Waals surface area (Å²) >= 11 is 0. The van der Waals surface area contributed by atoms with Gasteiger partial charge in [-0.15, -0.1) is 0 Å². The molecule has 20 heavy (non-hydrogen) atoms. The Balaban J connectivity index is 2.31. The van der Waals surface area contributed by atoms with E-state index in [-0.39, 0.29) is 0 Å². The monoisotopic (exact) mass is 270 g/mol. The highest BCUT2D eigenvalue weighted by atomic mass is 15.1. The number of aromatic nitrogens is 3. The molecule has 1 atom stereocenters. The minimum Gasteiger partial charge on any atom is -0.303 e. The number of allylic oxidation sites excluding steroid dienone is 3. The van der Waals surface area contributed by atoms with Crippen LogP contribution in [0.2, 0.25) is 0 Å². The van der Waals surface area contributed by atoms with Crippen LogP contribution in [0.15, 0.2) is 36.8 Å². The number of hydrogen-bond acceptors (Lipinski definition) is 3. The van der Waals surface area contributed by atoms with E-state index in [2.05, 4.69) is 54.1 Å². The quantitative estimate of drug-likeness (QED) is 0.801. The number of hydrogen-bond donors (Lipinski definition) is 0. The van der Waals surface area contributed by atoms with Gasteiger partial charge in [0.2, 0.25) is 5.78 Å². The SMILES string of the molecule is C/C=C(\C=C/C(C)N(C)C)c1cn2cc(C)cnc2n1. The van der Waals surface area contributed by atoms with Crippen LogP contribution in [0.25, 0.3) is 11.4 Å². The average molecular weight is 270 g/mol. The number of aryl methyl sites for hydroxylation is 1. The summed E-state index contributed by atoms with van der Waals surface area (Å²) in [6.07, 6.45) is 12.3. The van der Waals surface area contributed by atoms with Crippen LogP contribution in [0.1, 0.15) is 25.1 Å². The number of likely N-dealkylation sites (N-methyl/N-ethyl adjacent to an activating group) is 1. The minimum atomic E-state index is 0.391. The molecule has 0 saturated carbocycles. The van der Waals surface area contributed by atoms with Crippen molar-refractivity contribution < 1.29 is 0 Å². The molecule has 0 N–H and O–H groups in total. The Kier molecular flexibility index (Phi) is 4.35. The fraction of sp³-hybridized carbons (Fsp3) is 0.375. The van der Waals surface area contributed by atoms with Gasteiger partial charge >= 0.3 is 0 Å². The summed E-state index contributed by atoms with van der Waals surface area (Å²) in [6.45, 7) is 6.22. The molecule has 0 radical (unpaired) electrons. The summed E-state index contributed by atoms with van der Waals surface area (Å²) in [5, 5.41) is 0. The molecule has 4 nitrogen and oxygen atoms in total. The third-order valence-electron chi connectivity index (χ3n) is 3.41. The predicted octanol–water partition coefficient (Wildman–Crippen LogP) is 2.95. The van der Waals surface area contributed by atoms with Gasteiger partial charge in [0.05, 0.1) is 5.69 Å². The molecule has 4 heteroatoms. The lowest BCUT2D eigenvalue weighted by Crippen LogP contribution is -2.21. The Labute approximate surface area is 120 Å². The third-order valence-corrected chi connectivity index (χ3v) is 3.41. The van der Waals surface area contributed by atoms with Crippen molar-refractivity contribution >= 4 is 11.4 Å². The molecule has 0 bridgehead atoms. The van der Waals surface area contributed by atoms with E-state index in [1.807, 2.05) is 36.8 Å². The van der Waals surface area contributed by atoms with E-state index in [9.17, 15) is 0 Å². The van der Waals surface area contributed by atoms with Crippen LogP contribution in [0, 0.1) is 6.92 Å². The zero-order valence-electron chi connectivity index (χ0n) is 12.8. The topological polar surface area (TPSA) is 33.4 Å². The molecule has 0 aliphatic rings. The van der Waals surface area contributed by atoms with Gasteiger partial charge in [0, 0.05) is 24.6 Å². The van der Waals surface area contributed by atoms with Crippen molar-refractivity contribution in [1.82, 2.24) is 19.3 Å². The van der Waals surface area contributed by atoms with E-state index >= 15 is 0 Å². The minimum absolute atomic E-state index is 0.391. The summed E-state index contributed by atoms with van der Waals surface area (Å²) in [6, 6.07) is 0.391. The first-order valence-electron chi connectivity index (χ1n) is 6.84. The Morgan fingerprint density at radius 3 is 2.75 bits per heavy atom. The van der Waals surface area contributed by atoms with Gasteiger partial charge in [-0.25, -0.2) is 9.97 Å². The van der Waals surface area contributed by atoms with Crippen LogP contribution in [0.5, 0.6) is 0 Å². The Morgan fingerprint density at radius 1 is 1.35 bits per heavy atom. The second-order valence-electron chi connectivity index (χ2n) is 5.27. The first kappa shape index (κ1) is 14.5. The van der Waals surface area contributed by atoms with Gasteiger partial charge in [-0.3, -0.25) is 4.40 Å². The summed E-state index contributed by atoms with van der Waals surface area (Å²) in [7, 11) is 4.14. The maximum atomic E-state index is 4.57. The molecule has 0 saturated heterocycles. The van der Waals surface area contributed by atoms with Gasteiger partial charge < -0.3 is 4.90 Å². The maximum Gasteiger partial charge on any atom is 0.234 e. The van der Waals surface area contributed by atoms with E-state index in [1.54, 1.807) is 0 Å². The largest absolute Gasteiger partial charge is 0.303 e. The normalized spacial score (nSPS) is 14.6. The van der Waals surface area contributed by atoms with Crippen LogP contribution < -0.4 is 0 Å².